The summed E-state index contributed by atoms with van der Waals surface area (Å²) in [4.78, 5) is 33.6. The molecule has 2 aromatic carbocycles. The number of non-ortho nitro benzene ring substituents is 1. The van der Waals surface area contributed by atoms with Gasteiger partial charge in [-0.05, 0) is 36.4 Å². The van der Waals surface area contributed by atoms with Gasteiger partial charge in [0.1, 0.15) is 11.6 Å². The normalized spacial score (nSPS) is 14.1. The van der Waals surface area contributed by atoms with Crippen LogP contribution in [0.5, 0.6) is 0 Å². The van der Waals surface area contributed by atoms with Gasteiger partial charge < -0.3 is 15.1 Å². The van der Waals surface area contributed by atoms with Gasteiger partial charge in [0.25, 0.3) is 11.6 Å². The molecule has 4 rings (SSSR count). The van der Waals surface area contributed by atoms with Crippen LogP contribution in [0.1, 0.15) is 22.8 Å². The Kier molecular flexibility index (Phi) is 7.94. The number of nitro groups is 1. The molecule has 10 heteroatoms. The summed E-state index contributed by atoms with van der Waals surface area (Å²) in [6.07, 6.45) is 1.73. The maximum atomic E-state index is 14.1. The van der Waals surface area contributed by atoms with Crippen LogP contribution >= 0.6 is 11.8 Å². The number of amides is 1. The van der Waals surface area contributed by atoms with Crippen LogP contribution in [0.3, 0.4) is 0 Å². The number of carbonyl (C=O) groups excluding carboxylic acids is 1. The molecule has 0 unspecified atom stereocenters. The van der Waals surface area contributed by atoms with Crippen molar-refractivity contribution >= 4 is 29.2 Å². The predicted molar refractivity (Wildman–Crippen MR) is 133 cm³/mol. The number of pyridine rings is 1. The highest BCUT2D eigenvalue weighted by Crippen LogP contribution is 2.34. The lowest BCUT2D eigenvalue weighted by Crippen LogP contribution is -2.46. The first-order valence-electron chi connectivity index (χ1n) is 11.4. The SMILES string of the molecule is CCN1CCN(c2ccc(CNC(=O)c3cc([N+](=O)[O-])ccc3Sc3ccccc3F)cn2)CC1. The van der Waals surface area contributed by atoms with Crippen molar-refractivity contribution in [1.82, 2.24) is 15.2 Å². The van der Waals surface area contributed by atoms with Gasteiger partial charge in [-0.1, -0.05) is 36.9 Å². The van der Waals surface area contributed by atoms with Crippen molar-refractivity contribution in [2.24, 2.45) is 0 Å². The molecule has 1 saturated heterocycles. The molecule has 2 heterocycles. The van der Waals surface area contributed by atoms with Crippen LogP contribution in [-0.2, 0) is 6.54 Å². The number of benzene rings is 2. The predicted octanol–water partition coefficient (Wildman–Crippen LogP) is 4.35. The minimum Gasteiger partial charge on any atom is -0.354 e. The molecule has 182 valence electrons. The van der Waals surface area contributed by atoms with E-state index in [2.05, 4.69) is 27.0 Å². The standard InChI is InChI=1S/C25H26FN5O3S/c1-2-29-11-13-30(14-12-29)24-10-7-18(16-27-24)17-28-25(32)20-15-19(31(33)34)8-9-22(20)35-23-6-4-3-5-21(23)26/h3-10,15-16H,2,11-14,17H2,1H3,(H,28,32). The Hall–Kier alpha value is -3.50. The molecule has 0 saturated carbocycles. The fourth-order valence-corrected chi connectivity index (χ4v) is 4.77. The lowest BCUT2D eigenvalue weighted by atomic mass is 10.1. The third-order valence-electron chi connectivity index (χ3n) is 5.88. The number of aromatic nitrogens is 1. The third kappa shape index (κ3) is 6.14. The molecule has 35 heavy (non-hydrogen) atoms. The number of hydrogen-bond acceptors (Lipinski definition) is 7. The van der Waals surface area contributed by atoms with E-state index in [1.807, 2.05) is 12.1 Å². The van der Waals surface area contributed by atoms with Gasteiger partial charge in [-0.3, -0.25) is 14.9 Å². The first-order chi connectivity index (χ1) is 16.9. The minimum atomic E-state index is -0.558. The number of anilines is 1. The lowest BCUT2D eigenvalue weighted by molar-refractivity contribution is -0.384. The summed E-state index contributed by atoms with van der Waals surface area (Å²) < 4.78 is 14.1. The molecule has 1 amide bonds. The molecular weight excluding hydrogens is 469 g/mol. The van der Waals surface area contributed by atoms with Gasteiger partial charge in [0.2, 0.25) is 0 Å². The largest absolute Gasteiger partial charge is 0.354 e. The summed E-state index contributed by atoms with van der Waals surface area (Å²) in [6, 6.07) is 14.0. The minimum absolute atomic E-state index is 0.117. The number of piperazine rings is 1. The van der Waals surface area contributed by atoms with Crippen molar-refractivity contribution in [3.63, 3.8) is 0 Å². The zero-order valence-electron chi connectivity index (χ0n) is 19.3. The van der Waals surface area contributed by atoms with Crippen LogP contribution in [0.4, 0.5) is 15.9 Å². The summed E-state index contributed by atoms with van der Waals surface area (Å²) in [5, 5.41) is 14.1. The van der Waals surface area contributed by atoms with Gasteiger partial charge in [-0.2, -0.15) is 0 Å². The van der Waals surface area contributed by atoms with Gasteiger partial charge in [-0.25, -0.2) is 9.37 Å². The molecule has 1 fully saturated rings. The van der Waals surface area contributed by atoms with E-state index in [9.17, 15) is 19.3 Å². The Balaban J connectivity index is 1.45. The highest BCUT2D eigenvalue weighted by Gasteiger charge is 2.19. The topological polar surface area (TPSA) is 91.6 Å². The van der Waals surface area contributed by atoms with E-state index in [1.165, 1.54) is 24.3 Å². The van der Waals surface area contributed by atoms with Crippen LogP contribution in [-0.4, -0.2) is 53.4 Å². The molecule has 1 aliphatic heterocycles. The fourth-order valence-electron chi connectivity index (χ4n) is 3.82. The number of nitrogens with zero attached hydrogens (tertiary/aromatic N) is 4. The number of nitro benzene ring substituents is 1. The van der Waals surface area contributed by atoms with E-state index in [1.54, 1.807) is 24.4 Å². The van der Waals surface area contributed by atoms with E-state index < -0.39 is 16.6 Å². The average molecular weight is 496 g/mol. The number of hydrogen-bond donors (Lipinski definition) is 1. The Bertz CT molecular complexity index is 1200. The van der Waals surface area contributed by atoms with Crippen molar-refractivity contribution < 1.29 is 14.1 Å². The monoisotopic (exact) mass is 495 g/mol. The van der Waals surface area contributed by atoms with Crippen LogP contribution in [0.15, 0.2) is 70.6 Å². The maximum absolute atomic E-state index is 14.1. The van der Waals surface area contributed by atoms with Gasteiger partial charge >= 0.3 is 0 Å². The Morgan fingerprint density at radius 1 is 1.11 bits per heavy atom. The molecule has 0 radical (unpaired) electrons. The molecule has 3 aromatic rings. The second kappa shape index (κ2) is 11.3. The Labute approximate surface area is 207 Å². The first-order valence-corrected chi connectivity index (χ1v) is 12.2. The molecule has 1 aliphatic rings. The number of rotatable bonds is 8. The van der Waals surface area contributed by atoms with E-state index in [-0.39, 0.29) is 17.8 Å². The summed E-state index contributed by atoms with van der Waals surface area (Å²) in [5.74, 6) is -0.00475. The highest BCUT2D eigenvalue weighted by atomic mass is 32.2. The van der Waals surface area contributed by atoms with Gasteiger partial charge in [0, 0.05) is 60.8 Å². The smallest absolute Gasteiger partial charge is 0.270 e. The summed E-state index contributed by atoms with van der Waals surface area (Å²) >= 11 is 1.05. The molecule has 1 N–H and O–H groups in total. The molecule has 0 aliphatic carbocycles. The van der Waals surface area contributed by atoms with Crippen LogP contribution in [0.2, 0.25) is 0 Å². The number of likely N-dealkylation sites (N-methyl/N-ethyl adjacent to an activating group) is 1. The maximum Gasteiger partial charge on any atom is 0.270 e. The number of halogens is 1. The molecule has 0 atom stereocenters. The summed E-state index contributed by atoms with van der Waals surface area (Å²) in [5.41, 5.74) is 0.719. The van der Waals surface area contributed by atoms with Gasteiger partial charge in [-0.15, -0.1) is 0 Å². The Morgan fingerprint density at radius 3 is 2.54 bits per heavy atom. The molecule has 8 nitrogen and oxygen atoms in total. The molecular formula is C25H26FN5O3S. The average Bonchev–Trinajstić information content (AvgIpc) is 2.89. The number of nitrogens with one attached hydrogen (secondary N) is 1. The highest BCUT2D eigenvalue weighted by molar-refractivity contribution is 7.99. The second-order valence-corrected chi connectivity index (χ2v) is 9.18. The zero-order valence-corrected chi connectivity index (χ0v) is 20.1. The van der Waals surface area contributed by atoms with Crippen LogP contribution < -0.4 is 10.2 Å². The van der Waals surface area contributed by atoms with Crippen LogP contribution in [0.25, 0.3) is 0 Å². The first kappa shape index (κ1) is 24.6. The van der Waals surface area contributed by atoms with E-state index >= 15 is 0 Å². The van der Waals surface area contributed by atoms with E-state index in [0.717, 1.165) is 55.9 Å². The quantitative estimate of drug-likeness (QED) is 0.367. The number of carbonyl (C=O) groups is 1. The molecule has 1 aromatic heterocycles. The van der Waals surface area contributed by atoms with E-state index in [4.69, 9.17) is 0 Å². The van der Waals surface area contributed by atoms with Crippen molar-refractivity contribution in [2.45, 2.75) is 23.3 Å². The van der Waals surface area contributed by atoms with Gasteiger partial charge in [0.05, 0.1) is 10.5 Å². The fraction of sp³-hybridized carbons (Fsp3) is 0.280. The van der Waals surface area contributed by atoms with Crippen molar-refractivity contribution in [1.29, 1.82) is 0 Å². The lowest BCUT2D eigenvalue weighted by Gasteiger charge is -2.34. The van der Waals surface area contributed by atoms with Crippen LogP contribution in [0, 0.1) is 15.9 Å². The van der Waals surface area contributed by atoms with Crippen molar-refractivity contribution in [2.75, 3.05) is 37.6 Å². The summed E-state index contributed by atoms with van der Waals surface area (Å²) in [6.45, 7) is 7.27. The van der Waals surface area contributed by atoms with Gasteiger partial charge in [0.15, 0.2) is 0 Å². The Morgan fingerprint density at radius 2 is 1.89 bits per heavy atom. The van der Waals surface area contributed by atoms with Crippen molar-refractivity contribution in [3.05, 3.63) is 87.9 Å². The molecule has 0 bridgehead atoms. The second-order valence-electron chi connectivity index (χ2n) is 8.10. The third-order valence-corrected chi connectivity index (χ3v) is 7.01. The van der Waals surface area contributed by atoms with E-state index in [0.29, 0.717) is 9.79 Å². The molecule has 0 spiro atoms. The zero-order chi connectivity index (χ0) is 24.8. The van der Waals surface area contributed by atoms with Crippen molar-refractivity contribution in [3.8, 4) is 0 Å². The summed E-state index contributed by atoms with van der Waals surface area (Å²) in [7, 11) is 0.